The largest absolute Gasteiger partial charge is 0.480 e. The van der Waals surface area contributed by atoms with E-state index in [2.05, 4.69) is 10.3 Å². The molecule has 1 aliphatic heterocycles. The number of amides is 2. The minimum atomic E-state index is -0.931. The molecule has 6 nitrogen and oxygen atoms in total. The van der Waals surface area contributed by atoms with E-state index in [4.69, 9.17) is 0 Å². The van der Waals surface area contributed by atoms with Crippen LogP contribution in [0.25, 0.3) is 0 Å². The Morgan fingerprint density at radius 3 is 2.90 bits per heavy atom. The van der Waals surface area contributed by atoms with Crippen molar-refractivity contribution in [2.24, 2.45) is 0 Å². The number of aliphatic carboxylic acids is 1. The van der Waals surface area contributed by atoms with Crippen LogP contribution in [0.15, 0.2) is 24.4 Å². The molecule has 1 saturated heterocycles. The summed E-state index contributed by atoms with van der Waals surface area (Å²) in [5.41, 5.74) is 0.752. The molecule has 0 spiro atoms. The predicted octanol–water partition coefficient (Wildman–Crippen LogP) is 1.62. The minimum absolute atomic E-state index is 0.308. The molecule has 2 N–H and O–H groups in total. The fourth-order valence-electron chi connectivity index (χ4n) is 2.38. The van der Waals surface area contributed by atoms with Crippen molar-refractivity contribution in [3.63, 3.8) is 0 Å². The SMILES string of the molecule is O=C(O)C1CCCCCN1C(=O)NCc1ccccn1. The van der Waals surface area contributed by atoms with Gasteiger partial charge >= 0.3 is 12.0 Å². The monoisotopic (exact) mass is 277 g/mol. The van der Waals surface area contributed by atoms with Crippen LogP contribution in [-0.4, -0.2) is 39.6 Å². The lowest BCUT2D eigenvalue weighted by Crippen LogP contribution is -2.49. The summed E-state index contributed by atoms with van der Waals surface area (Å²) in [7, 11) is 0. The van der Waals surface area contributed by atoms with Crippen molar-refractivity contribution >= 4 is 12.0 Å². The molecule has 2 rings (SSSR count). The van der Waals surface area contributed by atoms with E-state index in [0.29, 0.717) is 19.5 Å². The van der Waals surface area contributed by atoms with Crippen LogP contribution in [0, 0.1) is 0 Å². The van der Waals surface area contributed by atoms with Gasteiger partial charge in [0.05, 0.1) is 12.2 Å². The minimum Gasteiger partial charge on any atom is -0.480 e. The Morgan fingerprint density at radius 1 is 1.35 bits per heavy atom. The van der Waals surface area contributed by atoms with Crippen LogP contribution in [0.3, 0.4) is 0 Å². The van der Waals surface area contributed by atoms with Crippen LogP contribution >= 0.6 is 0 Å². The molecular formula is C14H19N3O3. The van der Waals surface area contributed by atoms with Crippen molar-refractivity contribution in [2.45, 2.75) is 38.3 Å². The van der Waals surface area contributed by atoms with Crippen LogP contribution < -0.4 is 5.32 Å². The Morgan fingerprint density at radius 2 is 2.20 bits per heavy atom. The van der Waals surface area contributed by atoms with Crippen molar-refractivity contribution in [1.29, 1.82) is 0 Å². The number of carboxylic acid groups (broad SMARTS) is 1. The molecule has 1 aromatic heterocycles. The number of nitrogens with zero attached hydrogens (tertiary/aromatic N) is 2. The maximum atomic E-state index is 12.2. The van der Waals surface area contributed by atoms with Gasteiger partial charge in [-0.2, -0.15) is 0 Å². The lowest BCUT2D eigenvalue weighted by atomic mass is 10.1. The second-order valence-electron chi connectivity index (χ2n) is 4.88. The summed E-state index contributed by atoms with van der Waals surface area (Å²) in [5.74, 6) is -0.931. The molecule has 0 aliphatic carbocycles. The molecule has 1 aromatic rings. The number of nitrogens with one attached hydrogen (secondary N) is 1. The lowest BCUT2D eigenvalue weighted by molar-refractivity contribution is -0.142. The summed E-state index contributed by atoms with van der Waals surface area (Å²) in [5, 5.41) is 12.0. The van der Waals surface area contributed by atoms with Gasteiger partial charge in [0.25, 0.3) is 0 Å². The molecule has 0 radical (unpaired) electrons. The number of pyridine rings is 1. The van der Waals surface area contributed by atoms with E-state index < -0.39 is 12.0 Å². The van der Waals surface area contributed by atoms with Gasteiger partial charge < -0.3 is 15.3 Å². The van der Waals surface area contributed by atoms with Gasteiger partial charge in [-0.05, 0) is 25.0 Å². The zero-order chi connectivity index (χ0) is 14.4. The smallest absolute Gasteiger partial charge is 0.326 e. The van der Waals surface area contributed by atoms with Crippen LogP contribution in [0.1, 0.15) is 31.4 Å². The van der Waals surface area contributed by atoms with Gasteiger partial charge in [-0.3, -0.25) is 4.98 Å². The summed E-state index contributed by atoms with van der Waals surface area (Å²) in [6.45, 7) is 0.799. The number of aromatic nitrogens is 1. The van der Waals surface area contributed by atoms with Crippen molar-refractivity contribution in [2.75, 3.05) is 6.54 Å². The highest BCUT2D eigenvalue weighted by Gasteiger charge is 2.30. The summed E-state index contributed by atoms with van der Waals surface area (Å²) in [6, 6.07) is 4.42. The topological polar surface area (TPSA) is 82.5 Å². The van der Waals surface area contributed by atoms with E-state index in [9.17, 15) is 14.7 Å². The normalized spacial score (nSPS) is 19.2. The van der Waals surface area contributed by atoms with Gasteiger partial charge in [-0.15, -0.1) is 0 Å². The number of carbonyl (C=O) groups excluding carboxylic acids is 1. The molecule has 1 aliphatic rings. The maximum Gasteiger partial charge on any atom is 0.326 e. The van der Waals surface area contributed by atoms with Crippen molar-refractivity contribution < 1.29 is 14.7 Å². The third-order valence-corrected chi connectivity index (χ3v) is 3.45. The third-order valence-electron chi connectivity index (χ3n) is 3.45. The second-order valence-corrected chi connectivity index (χ2v) is 4.88. The van der Waals surface area contributed by atoms with Crippen LogP contribution in [0.2, 0.25) is 0 Å². The van der Waals surface area contributed by atoms with E-state index in [-0.39, 0.29) is 6.03 Å². The van der Waals surface area contributed by atoms with E-state index in [0.717, 1.165) is 25.0 Å². The highest BCUT2D eigenvalue weighted by atomic mass is 16.4. The molecule has 20 heavy (non-hydrogen) atoms. The number of hydrogen-bond acceptors (Lipinski definition) is 3. The molecule has 0 aromatic carbocycles. The molecule has 1 unspecified atom stereocenters. The second kappa shape index (κ2) is 6.88. The molecule has 2 heterocycles. The van der Waals surface area contributed by atoms with E-state index in [1.54, 1.807) is 12.3 Å². The maximum absolute atomic E-state index is 12.2. The predicted molar refractivity (Wildman–Crippen MR) is 73.1 cm³/mol. The fraction of sp³-hybridized carbons (Fsp3) is 0.500. The van der Waals surface area contributed by atoms with Gasteiger partial charge in [-0.25, -0.2) is 9.59 Å². The molecule has 0 saturated carbocycles. The Hall–Kier alpha value is -2.11. The van der Waals surface area contributed by atoms with E-state index >= 15 is 0 Å². The third kappa shape index (κ3) is 3.69. The average Bonchev–Trinajstić information content (AvgIpc) is 2.71. The number of carbonyl (C=O) groups is 2. The summed E-state index contributed by atoms with van der Waals surface area (Å²) in [4.78, 5) is 29.0. The molecule has 0 bridgehead atoms. The standard InChI is InChI=1S/C14H19N3O3/c18-13(19)12-7-2-1-5-9-17(12)14(20)16-10-11-6-3-4-8-15-11/h3-4,6,8,12H,1-2,5,7,9-10H2,(H,16,20)(H,18,19). The average molecular weight is 277 g/mol. The summed E-state index contributed by atoms with van der Waals surface area (Å²) < 4.78 is 0. The first-order valence-electron chi connectivity index (χ1n) is 6.85. The molecular weight excluding hydrogens is 258 g/mol. The zero-order valence-corrected chi connectivity index (χ0v) is 11.3. The van der Waals surface area contributed by atoms with Crippen molar-refractivity contribution in [3.05, 3.63) is 30.1 Å². The van der Waals surface area contributed by atoms with Gasteiger partial charge in [-0.1, -0.05) is 18.9 Å². The molecule has 1 fully saturated rings. The molecule has 108 valence electrons. The van der Waals surface area contributed by atoms with Crippen LogP contribution in [0.4, 0.5) is 4.79 Å². The Kier molecular flexibility index (Phi) is 4.92. The first kappa shape index (κ1) is 14.3. The highest BCUT2D eigenvalue weighted by molar-refractivity contribution is 5.82. The van der Waals surface area contributed by atoms with Crippen LogP contribution in [0.5, 0.6) is 0 Å². The number of carboxylic acids is 1. The summed E-state index contributed by atoms with van der Waals surface area (Å²) in [6.07, 6.45) is 4.84. The number of hydrogen-bond donors (Lipinski definition) is 2. The quantitative estimate of drug-likeness (QED) is 0.879. The van der Waals surface area contributed by atoms with Gasteiger partial charge in [0.1, 0.15) is 6.04 Å². The number of urea groups is 1. The summed E-state index contributed by atoms with van der Waals surface area (Å²) >= 11 is 0. The van der Waals surface area contributed by atoms with Crippen LogP contribution in [-0.2, 0) is 11.3 Å². The lowest BCUT2D eigenvalue weighted by Gasteiger charge is -2.27. The Bertz CT molecular complexity index is 464. The van der Waals surface area contributed by atoms with Gasteiger partial charge in [0.15, 0.2) is 0 Å². The molecule has 2 amide bonds. The highest BCUT2D eigenvalue weighted by Crippen LogP contribution is 2.17. The fourth-order valence-corrected chi connectivity index (χ4v) is 2.38. The Balaban J connectivity index is 1.96. The van der Waals surface area contributed by atoms with E-state index in [1.807, 2.05) is 12.1 Å². The first-order valence-corrected chi connectivity index (χ1v) is 6.85. The molecule has 1 atom stereocenters. The van der Waals surface area contributed by atoms with Crippen molar-refractivity contribution in [3.8, 4) is 0 Å². The Labute approximate surface area is 117 Å². The van der Waals surface area contributed by atoms with Crippen molar-refractivity contribution in [1.82, 2.24) is 15.2 Å². The first-order chi connectivity index (χ1) is 9.68. The van der Waals surface area contributed by atoms with E-state index in [1.165, 1.54) is 4.90 Å². The van der Waals surface area contributed by atoms with Gasteiger partial charge in [0.2, 0.25) is 0 Å². The zero-order valence-electron chi connectivity index (χ0n) is 11.3. The number of rotatable bonds is 3. The number of likely N-dealkylation sites (tertiary alicyclic amines) is 1. The molecule has 6 heteroatoms. The van der Waals surface area contributed by atoms with Gasteiger partial charge in [0, 0.05) is 12.7 Å².